The van der Waals surface area contributed by atoms with Gasteiger partial charge in [0.25, 0.3) is 0 Å². The molecule has 0 aromatic rings. The lowest BCUT2D eigenvalue weighted by atomic mass is 10.0. The van der Waals surface area contributed by atoms with Crippen LogP contribution < -0.4 is 0 Å². The predicted molar refractivity (Wildman–Crippen MR) is 339 cm³/mol. The molecular weight excluding hydrogens is 961 g/mol. The van der Waals surface area contributed by atoms with E-state index >= 15 is 0 Å². The van der Waals surface area contributed by atoms with Gasteiger partial charge in [-0.2, -0.15) is 0 Å². The van der Waals surface area contributed by atoms with E-state index in [1.165, 1.54) is 193 Å². The van der Waals surface area contributed by atoms with Crippen LogP contribution >= 0.6 is 0 Å². The lowest BCUT2D eigenvalue weighted by Crippen LogP contribution is -2.30. The van der Waals surface area contributed by atoms with Gasteiger partial charge in [-0.25, -0.2) is 0 Å². The van der Waals surface area contributed by atoms with E-state index in [2.05, 4.69) is 106 Å². The van der Waals surface area contributed by atoms with Crippen molar-refractivity contribution in [2.45, 2.75) is 341 Å². The summed E-state index contributed by atoms with van der Waals surface area (Å²) in [7, 11) is 0. The van der Waals surface area contributed by atoms with E-state index in [9.17, 15) is 14.4 Å². The summed E-state index contributed by atoms with van der Waals surface area (Å²) >= 11 is 0. The van der Waals surface area contributed by atoms with Crippen LogP contribution in [0.1, 0.15) is 335 Å². The van der Waals surface area contributed by atoms with Crippen LogP contribution in [0.25, 0.3) is 0 Å². The summed E-state index contributed by atoms with van der Waals surface area (Å²) in [4.78, 5) is 38.4. The van der Waals surface area contributed by atoms with Gasteiger partial charge in [0.2, 0.25) is 0 Å². The molecule has 0 N–H and O–H groups in total. The van der Waals surface area contributed by atoms with E-state index in [4.69, 9.17) is 14.2 Å². The van der Waals surface area contributed by atoms with Gasteiger partial charge >= 0.3 is 17.9 Å². The van der Waals surface area contributed by atoms with Crippen LogP contribution in [0.3, 0.4) is 0 Å². The molecule has 1 unspecified atom stereocenters. The maximum atomic E-state index is 12.9. The summed E-state index contributed by atoms with van der Waals surface area (Å²) in [6.07, 6.45) is 87.3. The Morgan fingerprint density at radius 2 is 0.462 bits per heavy atom. The number of esters is 3. The molecule has 78 heavy (non-hydrogen) atoms. The first-order valence-corrected chi connectivity index (χ1v) is 33.6. The lowest BCUT2D eigenvalue weighted by Gasteiger charge is -2.18. The highest BCUT2D eigenvalue weighted by atomic mass is 16.6. The summed E-state index contributed by atoms with van der Waals surface area (Å²) in [6.45, 7) is 6.61. The van der Waals surface area contributed by atoms with Gasteiger partial charge in [0.1, 0.15) is 13.2 Å². The van der Waals surface area contributed by atoms with Crippen LogP contribution in [0.15, 0.2) is 85.1 Å². The standard InChI is InChI=1S/C72H126O6/c1-4-7-10-13-16-19-22-25-28-30-32-33-34-35-36-37-38-39-41-42-44-47-50-53-56-59-62-65-71(74)77-68-69(67-76-70(73)64-61-58-55-52-49-46-27-24-21-18-15-12-9-6-3)78-72(75)66-63-60-57-54-51-48-45-43-40-31-29-26-23-20-17-14-11-8-5-2/h17,20,22,24-27,29-30,32,34-35,40,43,69H,4-16,18-19,21,23,28,31,33,36-39,41-42,44-68H2,1-3H3/b20-17-,25-22-,27-24-,29-26-,32-30-,35-34-,43-40-. The molecular formula is C72H126O6. The highest BCUT2D eigenvalue weighted by molar-refractivity contribution is 5.71. The summed E-state index contributed by atoms with van der Waals surface area (Å²) in [5.74, 6) is -0.894. The van der Waals surface area contributed by atoms with Gasteiger partial charge in [0.15, 0.2) is 6.10 Å². The Hall–Kier alpha value is -3.41. The molecule has 0 saturated carbocycles. The molecule has 0 amide bonds. The Morgan fingerprint density at radius 1 is 0.256 bits per heavy atom. The lowest BCUT2D eigenvalue weighted by molar-refractivity contribution is -0.167. The fourth-order valence-corrected chi connectivity index (χ4v) is 9.51. The Labute approximate surface area is 484 Å². The van der Waals surface area contributed by atoms with Crippen molar-refractivity contribution in [3.05, 3.63) is 85.1 Å². The molecule has 0 aromatic heterocycles. The van der Waals surface area contributed by atoms with Gasteiger partial charge in [-0.05, 0) is 122 Å². The number of ether oxygens (including phenoxy) is 3. The third-order valence-corrected chi connectivity index (χ3v) is 14.6. The SMILES string of the molecule is CCCCC/C=C\C/C=C\C/C=C\CCCCCCCCC(=O)OC(COC(=O)CCCCCCC/C=C\CCCCCCC)COC(=O)CCCCCCCCCCCCCC/C=C\C/C=C\C/C=C\CCCCCCC. The molecule has 0 heterocycles. The Balaban J connectivity index is 4.32. The molecule has 0 aliphatic carbocycles. The molecule has 0 saturated heterocycles. The average molecular weight is 1090 g/mol. The molecule has 0 spiro atoms. The number of carbonyl (C=O) groups excluding carboxylic acids is 3. The second-order valence-corrected chi connectivity index (χ2v) is 22.4. The van der Waals surface area contributed by atoms with Crippen molar-refractivity contribution in [1.82, 2.24) is 0 Å². The number of carbonyl (C=O) groups is 3. The van der Waals surface area contributed by atoms with Crippen molar-refractivity contribution in [2.75, 3.05) is 13.2 Å². The minimum atomic E-state index is -0.789. The normalized spacial score (nSPS) is 12.6. The van der Waals surface area contributed by atoms with Crippen molar-refractivity contribution in [2.24, 2.45) is 0 Å². The molecule has 6 nitrogen and oxygen atoms in total. The van der Waals surface area contributed by atoms with E-state index in [0.29, 0.717) is 19.3 Å². The van der Waals surface area contributed by atoms with Gasteiger partial charge in [0, 0.05) is 19.3 Å². The van der Waals surface area contributed by atoms with Gasteiger partial charge < -0.3 is 14.2 Å². The van der Waals surface area contributed by atoms with Crippen LogP contribution in [-0.2, 0) is 28.6 Å². The molecule has 0 bridgehead atoms. The van der Waals surface area contributed by atoms with E-state index < -0.39 is 6.10 Å². The largest absolute Gasteiger partial charge is 0.462 e. The van der Waals surface area contributed by atoms with E-state index in [0.717, 1.165) is 103 Å². The smallest absolute Gasteiger partial charge is 0.306 e. The fraction of sp³-hybridized carbons (Fsp3) is 0.764. The molecule has 0 aliphatic heterocycles. The van der Waals surface area contributed by atoms with Crippen LogP contribution in [0.5, 0.6) is 0 Å². The highest BCUT2D eigenvalue weighted by Gasteiger charge is 2.19. The minimum Gasteiger partial charge on any atom is -0.462 e. The summed E-state index contributed by atoms with van der Waals surface area (Å²) in [5, 5.41) is 0. The zero-order valence-corrected chi connectivity index (χ0v) is 51.7. The summed E-state index contributed by atoms with van der Waals surface area (Å²) in [5.41, 5.74) is 0. The number of allylic oxidation sites excluding steroid dienone is 14. The van der Waals surface area contributed by atoms with Crippen molar-refractivity contribution in [1.29, 1.82) is 0 Å². The first kappa shape index (κ1) is 74.6. The molecule has 0 aliphatic rings. The van der Waals surface area contributed by atoms with Crippen molar-refractivity contribution in [3.63, 3.8) is 0 Å². The highest BCUT2D eigenvalue weighted by Crippen LogP contribution is 2.16. The second kappa shape index (κ2) is 66.1. The Bertz CT molecular complexity index is 1480. The molecule has 450 valence electrons. The van der Waals surface area contributed by atoms with Gasteiger partial charge in [-0.3, -0.25) is 14.4 Å². The molecule has 0 aromatic carbocycles. The fourth-order valence-electron chi connectivity index (χ4n) is 9.51. The van der Waals surface area contributed by atoms with Gasteiger partial charge in [-0.1, -0.05) is 279 Å². The van der Waals surface area contributed by atoms with Crippen molar-refractivity contribution in [3.8, 4) is 0 Å². The topological polar surface area (TPSA) is 78.9 Å². The zero-order valence-electron chi connectivity index (χ0n) is 51.7. The van der Waals surface area contributed by atoms with Crippen LogP contribution in [0.2, 0.25) is 0 Å². The Morgan fingerprint density at radius 3 is 0.756 bits per heavy atom. The van der Waals surface area contributed by atoms with Crippen molar-refractivity contribution >= 4 is 17.9 Å². The summed E-state index contributed by atoms with van der Waals surface area (Å²) < 4.78 is 16.9. The number of unbranched alkanes of at least 4 members (excludes halogenated alkanes) is 36. The molecule has 0 radical (unpaired) electrons. The van der Waals surface area contributed by atoms with Crippen LogP contribution in [-0.4, -0.2) is 37.2 Å². The van der Waals surface area contributed by atoms with Crippen LogP contribution in [0, 0.1) is 0 Å². The first-order valence-electron chi connectivity index (χ1n) is 33.6. The molecule has 0 rings (SSSR count). The van der Waals surface area contributed by atoms with Gasteiger partial charge in [0.05, 0.1) is 0 Å². The zero-order chi connectivity index (χ0) is 56.4. The first-order chi connectivity index (χ1) is 38.5. The molecule has 1 atom stereocenters. The summed E-state index contributed by atoms with van der Waals surface area (Å²) in [6, 6.07) is 0. The third-order valence-electron chi connectivity index (χ3n) is 14.6. The second-order valence-electron chi connectivity index (χ2n) is 22.4. The predicted octanol–water partition coefficient (Wildman–Crippen LogP) is 23.1. The number of hydrogen-bond donors (Lipinski definition) is 0. The maximum absolute atomic E-state index is 12.9. The van der Waals surface area contributed by atoms with E-state index in [-0.39, 0.29) is 31.1 Å². The molecule has 6 heteroatoms. The van der Waals surface area contributed by atoms with E-state index in [1.807, 2.05) is 0 Å². The third kappa shape index (κ3) is 63.4. The van der Waals surface area contributed by atoms with Gasteiger partial charge in [-0.15, -0.1) is 0 Å². The molecule has 0 fully saturated rings. The Kier molecular flexibility index (Phi) is 63.2. The van der Waals surface area contributed by atoms with Crippen LogP contribution in [0.4, 0.5) is 0 Å². The number of hydrogen-bond acceptors (Lipinski definition) is 6. The quantitative estimate of drug-likeness (QED) is 0.0261. The minimum absolute atomic E-state index is 0.0842. The average Bonchev–Trinajstić information content (AvgIpc) is 3.44. The van der Waals surface area contributed by atoms with Crippen molar-refractivity contribution < 1.29 is 28.6 Å². The maximum Gasteiger partial charge on any atom is 0.306 e. The van der Waals surface area contributed by atoms with E-state index in [1.54, 1.807) is 0 Å². The number of rotatable bonds is 61. The monoisotopic (exact) mass is 1090 g/mol.